The van der Waals surface area contributed by atoms with Gasteiger partial charge in [-0.25, -0.2) is 4.79 Å². The van der Waals surface area contributed by atoms with E-state index in [1.807, 2.05) is 13.0 Å². The molecule has 1 aliphatic rings. The Morgan fingerprint density at radius 1 is 1.44 bits per heavy atom. The highest BCUT2D eigenvalue weighted by atomic mass is 32.1. The summed E-state index contributed by atoms with van der Waals surface area (Å²) in [5.74, 6) is 0. The van der Waals surface area contributed by atoms with E-state index in [9.17, 15) is 4.79 Å². The number of rotatable bonds is 3. The fraction of sp³-hybridized carbons (Fsp3) is 0.154. The molecule has 1 heterocycles. The van der Waals surface area contributed by atoms with Crippen LogP contribution in [0.4, 0.5) is 4.79 Å². The van der Waals surface area contributed by atoms with Crippen LogP contribution in [0.15, 0.2) is 35.7 Å². The van der Waals surface area contributed by atoms with Crippen molar-refractivity contribution in [2.75, 3.05) is 0 Å². The van der Waals surface area contributed by atoms with Gasteiger partial charge in [0.25, 0.3) is 0 Å². The van der Waals surface area contributed by atoms with Crippen LogP contribution in [0.3, 0.4) is 0 Å². The zero-order chi connectivity index (χ0) is 13.1. The summed E-state index contributed by atoms with van der Waals surface area (Å²) in [6, 6.07) is 8.58. The Kier molecular flexibility index (Phi) is 3.40. The summed E-state index contributed by atoms with van der Waals surface area (Å²) in [6.07, 6.45) is 0.668. The largest absolute Gasteiger partial charge is 0.345 e. The van der Waals surface area contributed by atoms with Gasteiger partial charge in [0.1, 0.15) is 5.70 Å². The third-order valence-corrected chi connectivity index (χ3v) is 3.03. The van der Waals surface area contributed by atoms with Gasteiger partial charge >= 0.3 is 6.03 Å². The number of allylic oxidation sites excluding steroid dienone is 2. The van der Waals surface area contributed by atoms with E-state index < -0.39 is 0 Å². The van der Waals surface area contributed by atoms with E-state index in [0.717, 1.165) is 11.3 Å². The molecule has 4 nitrogen and oxygen atoms in total. The van der Waals surface area contributed by atoms with Crippen LogP contribution in [-0.4, -0.2) is 10.9 Å². The summed E-state index contributed by atoms with van der Waals surface area (Å²) >= 11 is 5.33. The Morgan fingerprint density at radius 3 is 2.67 bits per heavy atom. The number of urea groups is 1. The molecule has 89 valence electrons. The minimum absolute atomic E-state index is 0.377. The van der Waals surface area contributed by atoms with Crippen molar-refractivity contribution in [1.29, 1.82) is 5.26 Å². The van der Waals surface area contributed by atoms with Gasteiger partial charge in [0.2, 0.25) is 0 Å². The van der Waals surface area contributed by atoms with Gasteiger partial charge in [0, 0.05) is 5.70 Å². The van der Waals surface area contributed by atoms with E-state index in [4.69, 9.17) is 17.5 Å². The molecule has 0 unspecified atom stereocenters. The standard InChI is InChI=1S/C13H10N3OS/c1-2-10-11(16-13(17)15-10)12(18)9-5-3-8(7-14)4-6-9/h3-6H,2H2,1H3,(H,15,17). The van der Waals surface area contributed by atoms with Crippen LogP contribution in [0.5, 0.6) is 0 Å². The summed E-state index contributed by atoms with van der Waals surface area (Å²) in [5.41, 5.74) is 2.63. The molecule has 0 bridgehead atoms. The van der Waals surface area contributed by atoms with Gasteiger partial charge in [0.15, 0.2) is 0 Å². The molecule has 2 amide bonds. The Hall–Kier alpha value is -2.19. The molecule has 0 aliphatic carbocycles. The fourth-order valence-electron chi connectivity index (χ4n) is 1.66. The van der Waals surface area contributed by atoms with Crippen molar-refractivity contribution in [2.24, 2.45) is 0 Å². The van der Waals surface area contributed by atoms with Crippen LogP contribution in [0.25, 0.3) is 0 Å². The van der Waals surface area contributed by atoms with Gasteiger partial charge in [0.05, 0.1) is 16.5 Å². The Morgan fingerprint density at radius 2 is 2.11 bits per heavy atom. The number of nitriles is 1. The zero-order valence-electron chi connectivity index (χ0n) is 9.73. The van der Waals surface area contributed by atoms with Gasteiger partial charge < -0.3 is 5.32 Å². The Bertz CT molecular complexity index is 581. The minimum Gasteiger partial charge on any atom is -0.308 e. The number of hydrogen-bond acceptors (Lipinski definition) is 3. The van der Waals surface area contributed by atoms with E-state index in [2.05, 4.69) is 10.6 Å². The normalized spacial score (nSPS) is 13.9. The number of nitrogens with zero attached hydrogens (tertiary/aromatic N) is 2. The Labute approximate surface area is 110 Å². The zero-order valence-corrected chi connectivity index (χ0v) is 10.5. The molecule has 0 atom stereocenters. The predicted molar refractivity (Wildman–Crippen MR) is 70.8 cm³/mol. The van der Waals surface area contributed by atoms with Crippen LogP contribution in [0, 0.1) is 11.3 Å². The number of thiocarbonyl (C=S) groups is 1. The summed E-state index contributed by atoms with van der Waals surface area (Å²) in [6.45, 7) is 1.93. The molecule has 1 radical (unpaired) electrons. The molecule has 2 rings (SSSR count). The molecule has 0 saturated heterocycles. The molecular weight excluding hydrogens is 246 g/mol. The number of amides is 2. The molecule has 1 aromatic rings. The second kappa shape index (κ2) is 4.98. The van der Waals surface area contributed by atoms with Crippen molar-refractivity contribution >= 4 is 23.1 Å². The van der Waals surface area contributed by atoms with Gasteiger partial charge in [-0.1, -0.05) is 31.3 Å². The average Bonchev–Trinajstić information content (AvgIpc) is 2.79. The maximum Gasteiger partial charge on any atom is 0.345 e. The molecule has 1 aromatic carbocycles. The smallest absolute Gasteiger partial charge is 0.308 e. The predicted octanol–water partition coefficient (Wildman–Crippen LogP) is 2.23. The molecule has 0 saturated carbocycles. The number of carbonyl (C=O) groups excluding carboxylic acids is 1. The van der Waals surface area contributed by atoms with Gasteiger partial charge in [-0.05, 0) is 24.1 Å². The monoisotopic (exact) mass is 256 g/mol. The Balaban J connectivity index is 2.31. The summed E-state index contributed by atoms with van der Waals surface area (Å²) in [4.78, 5) is 11.8. The highest BCUT2D eigenvalue weighted by Gasteiger charge is 2.24. The van der Waals surface area contributed by atoms with E-state index >= 15 is 0 Å². The number of carbonyl (C=O) groups is 1. The first-order valence-corrected chi connectivity index (χ1v) is 5.87. The third kappa shape index (κ3) is 2.24. The number of nitrogens with one attached hydrogen (secondary N) is 1. The van der Waals surface area contributed by atoms with Crippen molar-refractivity contribution < 1.29 is 4.79 Å². The van der Waals surface area contributed by atoms with Crippen molar-refractivity contribution in [1.82, 2.24) is 10.6 Å². The van der Waals surface area contributed by atoms with Crippen LogP contribution in [0.2, 0.25) is 0 Å². The lowest BCUT2D eigenvalue weighted by atomic mass is 10.1. The van der Waals surface area contributed by atoms with E-state index in [1.54, 1.807) is 24.3 Å². The molecular formula is C13H10N3OS. The summed E-state index contributed by atoms with van der Waals surface area (Å²) in [7, 11) is 0. The maximum atomic E-state index is 11.2. The van der Waals surface area contributed by atoms with E-state index in [0.29, 0.717) is 22.5 Å². The number of hydrogen-bond donors (Lipinski definition) is 1. The first-order valence-electron chi connectivity index (χ1n) is 5.46. The van der Waals surface area contributed by atoms with Crippen LogP contribution < -0.4 is 10.6 Å². The van der Waals surface area contributed by atoms with Gasteiger partial charge in [-0.2, -0.15) is 10.6 Å². The highest BCUT2D eigenvalue weighted by molar-refractivity contribution is 7.81. The fourth-order valence-corrected chi connectivity index (χ4v) is 1.97. The summed E-state index contributed by atoms with van der Waals surface area (Å²) < 4.78 is 0. The summed E-state index contributed by atoms with van der Waals surface area (Å²) in [5, 5.41) is 15.3. The SMILES string of the molecule is CCC1=C(C(=S)c2ccc(C#N)cc2)[N]C(=O)N1. The minimum atomic E-state index is -0.377. The molecule has 1 aliphatic heterocycles. The average molecular weight is 256 g/mol. The first kappa shape index (κ1) is 12.3. The number of benzene rings is 1. The lowest BCUT2D eigenvalue weighted by Gasteiger charge is -2.05. The van der Waals surface area contributed by atoms with Gasteiger partial charge in [-0.3, -0.25) is 0 Å². The lowest BCUT2D eigenvalue weighted by Crippen LogP contribution is -2.19. The molecule has 1 N–H and O–H groups in total. The first-order chi connectivity index (χ1) is 8.65. The van der Waals surface area contributed by atoms with Crippen LogP contribution >= 0.6 is 12.2 Å². The topological polar surface area (TPSA) is 67.0 Å². The van der Waals surface area contributed by atoms with Crippen molar-refractivity contribution in [2.45, 2.75) is 13.3 Å². The lowest BCUT2D eigenvalue weighted by molar-refractivity contribution is 0.248. The van der Waals surface area contributed by atoms with Crippen LogP contribution in [0.1, 0.15) is 24.5 Å². The quantitative estimate of drug-likeness (QED) is 0.666. The molecule has 18 heavy (non-hydrogen) atoms. The third-order valence-electron chi connectivity index (χ3n) is 2.60. The van der Waals surface area contributed by atoms with Crippen LogP contribution in [-0.2, 0) is 0 Å². The molecule has 0 fully saturated rings. The van der Waals surface area contributed by atoms with E-state index in [1.165, 1.54) is 0 Å². The molecule has 0 spiro atoms. The second-order valence-corrected chi connectivity index (χ2v) is 4.15. The van der Waals surface area contributed by atoms with E-state index in [-0.39, 0.29) is 6.03 Å². The van der Waals surface area contributed by atoms with Gasteiger partial charge in [-0.15, -0.1) is 0 Å². The second-order valence-electron chi connectivity index (χ2n) is 3.74. The van der Waals surface area contributed by atoms with Crippen molar-refractivity contribution in [3.63, 3.8) is 0 Å². The maximum absolute atomic E-state index is 11.2. The molecule has 5 heteroatoms. The molecule has 0 aromatic heterocycles. The van der Waals surface area contributed by atoms with Crippen molar-refractivity contribution in [3.8, 4) is 6.07 Å². The van der Waals surface area contributed by atoms with Crippen molar-refractivity contribution in [3.05, 3.63) is 46.8 Å². The highest BCUT2D eigenvalue weighted by Crippen LogP contribution is 2.18.